The minimum atomic E-state index is -1.56. The first kappa shape index (κ1) is 13.1. The number of carboxylic acid groups (broad SMARTS) is 1. The Morgan fingerprint density at radius 1 is 1.29 bits per heavy atom. The molecular weight excluding hydrogens is 232 g/mol. The van der Waals surface area contributed by atoms with Gasteiger partial charge in [0.05, 0.1) is 5.56 Å². The van der Waals surface area contributed by atoms with Gasteiger partial charge in [0.1, 0.15) is 17.2 Å². The predicted octanol–water partition coefficient (Wildman–Crippen LogP) is 1.56. The van der Waals surface area contributed by atoms with E-state index in [2.05, 4.69) is 5.32 Å². The minimum Gasteiger partial charge on any atom is -0.480 e. The van der Waals surface area contributed by atoms with Gasteiger partial charge in [-0.2, -0.15) is 0 Å². The van der Waals surface area contributed by atoms with E-state index >= 15 is 0 Å². The molecule has 0 spiro atoms. The molecular formula is C11H11F2NO3. The quantitative estimate of drug-likeness (QED) is 0.846. The zero-order valence-electron chi connectivity index (χ0n) is 9.25. The number of hydrogen-bond acceptors (Lipinski definition) is 2. The van der Waals surface area contributed by atoms with E-state index < -0.39 is 34.6 Å². The molecule has 0 saturated heterocycles. The number of carbonyl (C=O) groups excluding carboxylic acids is 1. The monoisotopic (exact) mass is 243 g/mol. The number of rotatable bonds is 3. The van der Waals surface area contributed by atoms with Crippen molar-refractivity contribution in [3.05, 3.63) is 35.4 Å². The summed E-state index contributed by atoms with van der Waals surface area (Å²) in [6.07, 6.45) is 0. The highest BCUT2D eigenvalue weighted by atomic mass is 19.1. The Bertz CT molecular complexity index is 472. The van der Waals surface area contributed by atoms with Crippen LogP contribution in [0.1, 0.15) is 24.2 Å². The van der Waals surface area contributed by atoms with Crippen LogP contribution in [0.5, 0.6) is 0 Å². The van der Waals surface area contributed by atoms with E-state index in [-0.39, 0.29) is 0 Å². The van der Waals surface area contributed by atoms with Gasteiger partial charge in [-0.05, 0) is 32.0 Å². The maximum absolute atomic E-state index is 13.2. The van der Waals surface area contributed by atoms with Gasteiger partial charge in [-0.25, -0.2) is 13.6 Å². The predicted molar refractivity (Wildman–Crippen MR) is 55.5 cm³/mol. The van der Waals surface area contributed by atoms with Gasteiger partial charge in [0, 0.05) is 0 Å². The fourth-order valence-electron chi connectivity index (χ4n) is 1.08. The normalized spacial score (nSPS) is 11.1. The van der Waals surface area contributed by atoms with Crippen LogP contribution in [-0.4, -0.2) is 22.5 Å². The fraction of sp³-hybridized carbons (Fsp3) is 0.273. The summed E-state index contributed by atoms with van der Waals surface area (Å²) in [6, 6.07) is 2.38. The summed E-state index contributed by atoms with van der Waals surface area (Å²) in [7, 11) is 0. The van der Waals surface area contributed by atoms with Crippen molar-refractivity contribution in [2.24, 2.45) is 0 Å². The molecule has 6 heteroatoms. The van der Waals surface area contributed by atoms with Crippen molar-refractivity contribution < 1.29 is 23.5 Å². The molecule has 1 amide bonds. The van der Waals surface area contributed by atoms with Crippen LogP contribution in [0.3, 0.4) is 0 Å². The van der Waals surface area contributed by atoms with E-state index in [4.69, 9.17) is 5.11 Å². The summed E-state index contributed by atoms with van der Waals surface area (Å²) in [4.78, 5) is 22.3. The summed E-state index contributed by atoms with van der Waals surface area (Å²) in [5.41, 5.74) is -2.09. The Balaban J connectivity index is 2.98. The molecule has 1 aromatic carbocycles. The van der Waals surface area contributed by atoms with Crippen LogP contribution >= 0.6 is 0 Å². The van der Waals surface area contributed by atoms with Gasteiger partial charge in [-0.15, -0.1) is 0 Å². The van der Waals surface area contributed by atoms with Crippen LogP contribution in [0.15, 0.2) is 18.2 Å². The molecule has 0 aliphatic carbocycles. The van der Waals surface area contributed by atoms with Gasteiger partial charge >= 0.3 is 5.97 Å². The Hall–Kier alpha value is -1.98. The van der Waals surface area contributed by atoms with Crippen LogP contribution in [-0.2, 0) is 4.79 Å². The van der Waals surface area contributed by atoms with Gasteiger partial charge in [-0.1, -0.05) is 0 Å². The Kier molecular flexibility index (Phi) is 3.45. The highest BCUT2D eigenvalue weighted by Crippen LogP contribution is 2.11. The molecule has 0 atom stereocenters. The molecule has 92 valence electrons. The lowest BCUT2D eigenvalue weighted by atomic mass is 10.1. The molecule has 2 N–H and O–H groups in total. The Labute approximate surface area is 96.3 Å². The number of carboxylic acids is 1. The maximum Gasteiger partial charge on any atom is 0.328 e. The summed E-state index contributed by atoms with van der Waals surface area (Å²) in [5, 5.41) is 10.9. The Morgan fingerprint density at radius 3 is 2.41 bits per heavy atom. The van der Waals surface area contributed by atoms with Crippen LogP contribution in [0.25, 0.3) is 0 Å². The second-order valence-corrected chi connectivity index (χ2v) is 4.01. The van der Waals surface area contributed by atoms with Crippen molar-refractivity contribution in [3.8, 4) is 0 Å². The lowest BCUT2D eigenvalue weighted by Crippen LogP contribution is -2.49. The Morgan fingerprint density at radius 2 is 1.88 bits per heavy atom. The molecule has 0 aliphatic heterocycles. The molecule has 0 saturated carbocycles. The molecule has 17 heavy (non-hydrogen) atoms. The van der Waals surface area contributed by atoms with E-state index in [1.165, 1.54) is 13.8 Å². The van der Waals surface area contributed by atoms with Crippen molar-refractivity contribution in [2.45, 2.75) is 19.4 Å². The number of nitrogens with one attached hydrogen (secondary N) is 1. The molecule has 0 aromatic heterocycles. The summed E-state index contributed by atoms with van der Waals surface area (Å²) in [6.45, 7) is 2.48. The molecule has 0 heterocycles. The zero-order chi connectivity index (χ0) is 13.2. The largest absolute Gasteiger partial charge is 0.480 e. The van der Waals surface area contributed by atoms with Crippen molar-refractivity contribution in [2.75, 3.05) is 0 Å². The molecule has 1 rings (SSSR count). The fourth-order valence-corrected chi connectivity index (χ4v) is 1.08. The molecule has 4 nitrogen and oxygen atoms in total. The van der Waals surface area contributed by atoms with E-state index in [1.807, 2.05) is 0 Å². The topological polar surface area (TPSA) is 66.4 Å². The molecule has 0 bridgehead atoms. The average molecular weight is 243 g/mol. The first-order valence-corrected chi connectivity index (χ1v) is 4.75. The maximum atomic E-state index is 13.2. The van der Waals surface area contributed by atoms with E-state index in [1.54, 1.807) is 0 Å². The number of carbonyl (C=O) groups is 2. The number of aliphatic carboxylic acids is 1. The van der Waals surface area contributed by atoms with Crippen LogP contribution in [0.4, 0.5) is 8.78 Å². The summed E-state index contributed by atoms with van der Waals surface area (Å²) < 4.78 is 26.1. The third-order valence-corrected chi connectivity index (χ3v) is 2.13. The third kappa shape index (κ3) is 2.99. The first-order chi connectivity index (χ1) is 7.74. The van der Waals surface area contributed by atoms with E-state index in [0.717, 1.165) is 12.1 Å². The van der Waals surface area contributed by atoms with Crippen molar-refractivity contribution in [3.63, 3.8) is 0 Å². The summed E-state index contributed by atoms with van der Waals surface area (Å²) in [5.74, 6) is -3.94. The van der Waals surface area contributed by atoms with Crippen LogP contribution < -0.4 is 5.32 Å². The standard InChI is InChI=1S/C11H11F2NO3/c1-11(2,10(16)17)14-9(15)7-5-6(12)3-4-8(7)13/h3-5H,1-2H3,(H,14,15)(H,16,17). The highest BCUT2D eigenvalue weighted by Gasteiger charge is 2.30. The lowest BCUT2D eigenvalue weighted by molar-refractivity contribution is -0.143. The molecule has 0 fully saturated rings. The number of amides is 1. The molecule has 1 aromatic rings. The number of hydrogen-bond donors (Lipinski definition) is 2. The number of benzene rings is 1. The van der Waals surface area contributed by atoms with Gasteiger partial charge < -0.3 is 10.4 Å². The van der Waals surface area contributed by atoms with Crippen molar-refractivity contribution in [1.29, 1.82) is 0 Å². The highest BCUT2D eigenvalue weighted by molar-refractivity contribution is 5.97. The van der Waals surface area contributed by atoms with Gasteiger partial charge in [0.2, 0.25) is 0 Å². The van der Waals surface area contributed by atoms with Crippen molar-refractivity contribution >= 4 is 11.9 Å². The second kappa shape index (κ2) is 4.48. The van der Waals surface area contributed by atoms with Crippen LogP contribution in [0, 0.1) is 11.6 Å². The molecule has 0 unspecified atom stereocenters. The smallest absolute Gasteiger partial charge is 0.328 e. The minimum absolute atomic E-state index is 0.528. The van der Waals surface area contributed by atoms with Gasteiger partial charge in [-0.3, -0.25) is 4.79 Å². The van der Waals surface area contributed by atoms with Gasteiger partial charge in [0.25, 0.3) is 5.91 Å². The summed E-state index contributed by atoms with van der Waals surface area (Å²) >= 11 is 0. The molecule has 0 radical (unpaired) electrons. The van der Waals surface area contributed by atoms with E-state index in [9.17, 15) is 18.4 Å². The first-order valence-electron chi connectivity index (χ1n) is 4.75. The van der Waals surface area contributed by atoms with Crippen molar-refractivity contribution in [1.82, 2.24) is 5.32 Å². The average Bonchev–Trinajstić information content (AvgIpc) is 2.20. The second-order valence-electron chi connectivity index (χ2n) is 4.01. The van der Waals surface area contributed by atoms with E-state index in [0.29, 0.717) is 6.07 Å². The molecule has 0 aliphatic rings. The number of halogens is 2. The SMILES string of the molecule is CC(C)(NC(=O)c1cc(F)ccc1F)C(=O)O. The van der Waals surface area contributed by atoms with Gasteiger partial charge in [0.15, 0.2) is 0 Å². The lowest BCUT2D eigenvalue weighted by Gasteiger charge is -2.21. The zero-order valence-corrected chi connectivity index (χ0v) is 9.25. The third-order valence-electron chi connectivity index (χ3n) is 2.13. The van der Waals surface area contributed by atoms with Crippen LogP contribution in [0.2, 0.25) is 0 Å².